The van der Waals surface area contributed by atoms with Crippen LogP contribution in [-0.2, 0) is 9.84 Å². The Morgan fingerprint density at radius 1 is 1.21 bits per heavy atom. The van der Waals surface area contributed by atoms with E-state index in [-0.39, 0.29) is 11.3 Å². The number of halogens is 1. The molecule has 1 unspecified atom stereocenters. The molecule has 1 aromatic rings. The van der Waals surface area contributed by atoms with E-state index >= 15 is 0 Å². The van der Waals surface area contributed by atoms with Crippen LogP contribution < -0.4 is 0 Å². The van der Waals surface area contributed by atoms with Crippen LogP contribution in [0.3, 0.4) is 0 Å². The molecule has 1 aromatic carbocycles. The van der Waals surface area contributed by atoms with E-state index in [4.69, 9.17) is 0 Å². The average Bonchev–Trinajstić information content (AvgIpc) is 2.38. The molecular formula is C14H19FO3S. The van der Waals surface area contributed by atoms with Crippen LogP contribution >= 0.6 is 0 Å². The van der Waals surface area contributed by atoms with Gasteiger partial charge in [0.05, 0.1) is 5.75 Å². The summed E-state index contributed by atoms with van der Waals surface area (Å²) in [6.07, 6.45) is 2.33. The molecule has 0 aliphatic rings. The third-order valence-electron chi connectivity index (χ3n) is 3.07. The highest BCUT2D eigenvalue weighted by molar-refractivity contribution is 7.92. The molecule has 1 rings (SSSR count). The minimum atomic E-state index is -3.43. The number of benzene rings is 1. The lowest BCUT2D eigenvalue weighted by atomic mass is 10.1. The van der Waals surface area contributed by atoms with Gasteiger partial charge in [-0.15, -0.1) is 0 Å². The SMILES string of the molecule is CCCCCS(=O)(=O)C(C)C(=O)c1ccc(F)cc1. The molecule has 0 heterocycles. The fraction of sp³-hybridized carbons (Fsp3) is 0.500. The third-order valence-corrected chi connectivity index (χ3v) is 5.22. The topological polar surface area (TPSA) is 51.2 Å². The Labute approximate surface area is 113 Å². The van der Waals surface area contributed by atoms with E-state index in [2.05, 4.69) is 0 Å². The van der Waals surface area contributed by atoms with Gasteiger partial charge in [-0.2, -0.15) is 0 Å². The van der Waals surface area contributed by atoms with Crippen molar-refractivity contribution in [3.05, 3.63) is 35.6 Å². The molecule has 0 aliphatic heterocycles. The summed E-state index contributed by atoms with van der Waals surface area (Å²) in [5, 5.41) is -1.07. The standard InChI is InChI=1S/C14H19FO3S/c1-3-4-5-10-19(17,18)11(2)14(16)12-6-8-13(15)9-7-12/h6-9,11H,3-5,10H2,1-2H3. The molecule has 1 atom stereocenters. The second kappa shape index (κ2) is 6.80. The summed E-state index contributed by atoms with van der Waals surface area (Å²) in [6, 6.07) is 4.94. The second-order valence-corrected chi connectivity index (χ2v) is 7.03. The zero-order valence-electron chi connectivity index (χ0n) is 11.2. The highest BCUT2D eigenvalue weighted by Crippen LogP contribution is 2.13. The first kappa shape index (κ1) is 15.8. The van der Waals surface area contributed by atoms with Crippen LogP contribution in [-0.4, -0.2) is 25.2 Å². The first-order valence-corrected chi connectivity index (χ1v) is 8.11. The molecule has 19 heavy (non-hydrogen) atoms. The van der Waals surface area contributed by atoms with Crippen molar-refractivity contribution in [3.63, 3.8) is 0 Å². The van der Waals surface area contributed by atoms with Crippen molar-refractivity contribution < 1.29 is 17.6 Å². The van der Waals surface area contributed by atoms with Crippen LogP contribution in [0.25, 0.3) is 0 Å². The lowest BCUT2D eigenvalue weighted by Gasteiger charge is -2.11. The number of carbonyl (C=O) groups is 1. The van der Waals surface area contributed by atoms with Gasteiger partial charge in [0, 0.05) is 5.56 Å². The van der Waals surface area contributed by atoms with Crippen molar-refractivity contribution in [3.8, 4) is 0 Å². The highest BCUT2D eigenvalue weighted by atomic mass is 32.2. The Hall–Kier alpha value is -1.23. The molecule has 0 amide bonds. The van der Waals surface area contributed by atoms with E-state index < -0.39 is 26.7 Å². The maximum Gasteiger partial charge on any atom is 0.180 e. The Kier molecular flexibility index (Phi) is 5.66. The summed E-state index contributed by atoms with van der Waals surface area (Å²) in [6.45, 7) is 3.38. The first-order chi connectivity index (χ1) is 8.88. The van der Waals surface area contributed by atoms with Crippen molar-refractivity contribution in [1.29, 1.82) is 0 Å². The molecule has 0 N–H and O–H groups in total. The van der Waals surface area contributed by atoms with E-state index in [0.717, 1.165) is 25.0 Å². The fourth-order valence-corrected chi connectivity index (χ4v) is 3.16. The predicted octanol–water partition coefficient (Wildman–Crippen LogP) is 3.00. The highest BCUT2D eigenvalue weighted by Gasteiger charge is 2.28. The quantitative estimate of drug-likeness (QED) is 0.572. The van der Waals surface area contributed by atoms with E-state index in [0.29, 0.717) is 6.42 Å². The van der Waals surface area contributed by atoms with Crippen LogP contribution in [0.1, 0.15) is 43.5 Å². The molecule has 0 spiro atoms. The summed E-state index contributed by atoms with van der Waals surface area (Å²) in [5.74, 6) is -0.902. The van der Waals surface area contributed by atoms with Gasteiger partial charge in [-0.1, -0.05) is 19.8 Å². The van der Waals surface area contributed by atoms with E-state index in [1.54, 1.807) is 0 Å². The van der Waals surface area contributed by atoms with Gasteiger partial charge in [0.2, 0.25) is 0 Å². The van der Waals surface area contributed by atoms with Gasteiger partial charge in [0.25, 0.3) is 0 Å². The van der Waals surface area contributed by atoms with Gasteiger partial charge >= 0.3 is 0 Å². The maximum absolute atomic E-state index is 12.8. The van der Waals surface area contributed by atoms with Crippen LogP contribution in [0.2, 0.25) is 0 Å². The zero-order valence-corrected chi connectivity index (χ0v) is 12.0. The summed E-state index contributed by atoms with van der Waals surface area (Å²) in [5.41, 5.74) is 0.230. The molecule has 0 saturated carbocycles. The Morgan fingerprint density at radius 2 is 1.79 bits per heavy atom. The number of Topliss-reactive ketones (excluding diaryl/α,β-unsaturated/α-hetero) is 1. The lowest BCUT2D eigenvalue weighted by molar-refractivity contribution is 0.0991. The van der Waals surface area contributed by atoms with Crippen LogP contribution in [0.5, 0.6) is 0 Å². The van der Waals surface area contributed by atoms with Gasteiger partial charge in [0.1, 0.15) is 11.1 Å². The van der Waals surface area contributed by atoms with Crippen LogP contribution in [0.15, 0.2) is 24.3 Å². The number of hydrogen-bond acceptors (Lipinski definition) is 3. The van der Waals surface area contributed by atoms with E-state index in [9.17, 15) is 17.6 Å². The van der Waals surface area contributed by atoms with Gasteiger partial charge in [-0.25, -0.2) is 12.8 Å². The third kappa shape index (κ3) is 4.42. The van der Waals surface area contributed by atoms with Crippen LogP contribution in [0, 0.1) is 5.82 Å². The van der Waals surface area contributed by atoms with E-state index in [1.807, 2.05) is 6.92 Å². The monoisotopic (exact) mass is 286 g/mol. The van der Waals surface area contributed by atoms with Gasteiger partial charge < -0.3 is 0 Å². The fourth-order valence-electron chi connectivity index (χ4n) is 1.74. The van der Waals surface area contributed by atoms with Crippen LogP contribution in [0.4, 0.5) is 4.39 Å². The number of rotatable bonds is 7. The molecule has 0 aromatic heterocycles. The molecule has 0 bridgehead atoms. The molecule has 0 radical (unpaired) electrons. The summed E-state index contributed by atoms with van der Waals surface area (Å²) in [7, 11) is -3.43. The van der Waals surface area contributed by atoms with Crippen molar-refractivity contribution in [2.24, 2.45) is 0 Å². The normalized spacial score (nSPS) is 13.2. The lowest BCUT2D eigenvalue weighted by Crippen LogP contribution is -2.29. The molecular weight excluding hydrogens is 267 g/mol. The Balaban J connectivity index is 2.78. The average molecular weight is 286 g/mol. The summed E-state index contributed by atoms with van der Waals surface area (Å²) < 4.78 is 36.7. The van der Waals surface area contributed by atoms with Gasteiger partial charge in [-0.3, -0.25) is 4.79 Å². The number of sulfone groups is 1. The molecule has 0 fully saturated rings. The van der Waals surface area contributed by atoms with Crippen molar-refractivity contribution >= 4 is 15.6 Å². The smallest absolute Gasteiger partial charge is 0.180 e. The molecule has 3 nitrogen and oxygen atoms in total. The van der Waals surface area contributed by atoms with Gasteiger partial charge in [-0.05, 0) is 37.6 Å². The van der Waals surface area contributed by atoms with E-state index in [1.165, 1.54) is 19.1 Å². The molecule has 0 aliphatic carbocycles. The second-order valence-electron chi connectivity index (χ2n) is 4.59. The summed E-state index contributed by atoms with van der Waals surface area (Å²) >= 11 is 0. The molecule has 0 saturated heterocycles. The Bertz CT molecular complexity index is 520. The number of carbonyl (C=O) groups excluding carboxylic acids is 1. The number of hydrogen-bond donors (Lipinski definition) is 0. The Morgan fingerprint density at radius 3 is 2.32 bits per heavy atom. The molecule has 5 heteroatoms. The summed E-state index contributed by atoms with van der Waals surface area (Å²) in [4.78, 5) is 12.0. The zero-order chi connectivity index (χ0) is 14.5. The predicted molar refractivity (Wildman–Crippen MR) is 73.5 cm³/mol. The minimum Gasteiger partial charge on any atom is -0.293 e. The van der Waals surface area contributed by atoms with Crippen molar-refractivity contribution in [1.82, 2.24) is 0 Å². The number of ketones is 1. The minimum absolute atomic E-state index is 0.0228. The number of unbranched alkanes of at least 4 members (excludes halogenated alkanes) is 2. The van der Waals surface area contributed by atoms with Crippen molar-refractivity contribution in [2.45, 2.75) is 38.4 Å². The van der Waals surface area contributed by atoms with Gasteiger partial charge in [0.15, 0.2) is 15.6 Å². The largest absolute Gasteiger partial charge is 0.293 e. The maximum atomic E-state index is 12.8. The first-order valence-electron chi connectivity index (χ1n) is 6.40. The molecule has 106 valence electrons. The van der Waals surface area contributed by atoms with Crippen molar-refractivity contribution in [2.75, 3.05) is 5.75 Å².